The van der Waals surface area contributed by atoms with Crippen LogP contribution >= 0.6 is 11.3 Å². The zero-order valence-electron chi connectivity index (χ0n) is 18.7. The van der Waals surface area contributed by atoms with Crippen LogP contribution in [-0.4, -0.2) is 49.9 Å². The summed E-state index contributed by atoms with van der Waals surface area (Å²) < 4.78 is 18.0. The lowest BCUT2D eigenvalue weighted by Gasteiger charge is -2.13. The molecule has 1 N–H and O–H groups in total. The summed E-state index contributed by atoms with van der Waals surface area (Å²) in [5.41, 5.74) is 4.52. The third-order valence-corrected chi connectivity index (χ3v) is 5.93. The fourth-order valence-electron chi connectivity index (χ4n) is 3.50. The van der Waals surface area contributed by atoms with Gasteiger partial charge in [-0.1, -0.05) is 6.07 Å². The normalized spacial score (nSPS) is 10.9. The number of methoxy groups -OCH3 is 3. The zero-order chi connectivity index (χ0) is 22.4. The number of ether oxygens (including phenoxy) is 3. The lowest BCUT2D eigenvalue weighted by molar-refractivity contribution is 0.0936. The van der Waals surface area contributed by atoms with E-state index >= 15 is 0 Å². The minimum Gasteiger partial charge on any atom is -0.493 e. The highest BCUT2D eigenvalue weighted by Crippen LogP contribution is 2.30. The number of benzene rings is 1. The van der Waals surface area contributed by atoms with E-state index in [1.54, 1.807) is 32.7 Å². The zero-order valence-corrected chi connectivity index (χ0v) is 19.5. The fraction of sp³-hybridized carbons (Fsp3) is 0.391. The molecule has 0 saturated heterocycles. The predicted molar refractivity (Wildman–Crippen MR) is 122 cm³/mol. The molecule has 0 aliphatic rings. The van der Waals surface area contributed by atoms with E-state index in [2.05, 4.69) is 14.9 Å². The second-order valence-electron chi connectivity index (χ2n) is 7.12. The van der Waals surface area contributed by atoms with Gasteiger partial charge in [0.1, 0.15) is 0 Å². The van der Waals surface area contributed by atoms with Crippen LogP contribution in [0.4, 0.5) is 0 Å². The fourth-order valence-corrected chi connectivity index (χ4v) is 4.10. The van der Waals surface area contributed by atoms with Gasteiger partial charge >= 0.3 is 0 Å². The molecule has 8 heteroatoms. The maximum Gasteiger partial charge on any atom is 0.253 e. The van der Waals surface area contributed by atoms with Crippen molar-refractivity contribution in [3.05, 3.63) is 51.5 Å². The van der Waals surface area contributed by atoms with Crippen molar-refractivity contribution in [2.45, 2.75) is 26.8 Å². The van der Waals surface area contributed by atoms with Gasteiger partial charge in [0.25, 0.3) is 5.91 Å². The second-order valence-corrected chi connectivity index (χ2v) is 8.18. The van der Waals surface area contributed by atoms with Crippen molar-refractivity contribution < 1.29 is 19.0 Å². The second kappa shape index (κ2) is 10.5. The van der Waals surface area contributed by atoms with Crippen molar-refractivity contribution >= 4 is 17.2 Å². The highest BCUT2D eigenvalue weighted by atomic mass is 32.1. The highest BCUT2D eigenvalue weighted by molar-refractivity contribution is 7.09. The van der Waals surface area contributed by atoms with E-state index in [9.17, 15) is 4.79 Å². The molecule has 0 spiro atoms. The summed E-state index contributed by atoms with van der Waals surface area (Å²) in [6.45, 7) is 5.61. The Balaban J connectivity index is 1.89. The van der Waals surface area contributed by atoms with Gasteiger partial charge in [-0.2, -0.15) is 0 Å². The van der Waals surface area contributed by atoms with Gasteiger partial charge in [-0.25, -0.2) is 4.98 Å². The van der Waals surface area contributed by atoms with Gasteiger partial charge in [-0.15, -0.1) is 11.3 Å². The van der Waals surface area contributed by atoms with Crippen molar-refractivity contribution in [3.8, 4) is 22.9 Å². The molecule has 1 aromatic carbocycles. The van der Waals surface area contributed by atoms with Crippen molar-refractivity contribution in [1.29, 1.82) is 0 Å². The molecule has 0 unspecified atom stereocenters. The minimum absolute atomic E-state index is 0.104. The van der Waals surface area contributed by atoms with Crippen LogP contribution < -0.4 is 14.8 Å². The molecule has 166 valence electrons. The number of hydrogen-bond acceptors (Lipinski definition) is 6. The Morgan fingerprint density at radius 1 is 1.13 bits per heavy atom. The number of rotatable bonds is 10. The predicted octanol–water partition coefficient (Wildman–Crippen LogP) is 3.86. The Morgan fingerprint density at radius 2 is 1.90 bits per heavy atom. The molecular weight excluding hydrogens is 414 g/mol. The molecule has 3 rings (SSSR count). The molecule has 2 aromatic heterocycles. The largest absolute Gasteiger partial charge is 0.493 e. The van der Waals surface area contributed by atoms with E-state index < -0.39 is 0 Å². The van der Waals surface area contributed by atoms with Gasteiger partial charge in [-0.05, 0) is 44.0 Å². The first-order valence-corrected chi connectivity index (χ1v) is 11.0. The van der Waals surface area contributed by atoms with Crippen molar-refractivity contribution in [3.63, 3.8) is 0 Å². The SMILES string of the molecule is COCCNC(=O)c1cc(-c2csc(C)n2)n(CCc2ccc(OC)c(OC)c2)c1C. The Morgan fingerprint density at radius 3 is 2.55 bits per heavy atom. The van der Waals surface area contributed by atoms with Gasteiger partial charge in [0.15, 0.2) is 11.5 Å². The molecule has 7 nitrogen and oxygen atoms in total. The number of aromatic nitrogens is 2. The van der Waals surface area contributed by atoms with Gasteiger partial charge in [-0.3, -0.25) is 4.79 Å². The molecule has 0 fully saturated rings. The molecule has 0 aliphatic carbocycles. The van der Waals surface area contributed by atoms with Crippen molar-refractivity contribution in [1.82, 2.24) is 14.9 Å². The summed E-state index contributed by atoms with van der Waals surface area (Å²) in [7, 11) is 4.88. The number of amides is 1. The third-order valence-electron chi connectivity index (χ3n) is 5.16. The third kappa shape index (κ3) is 5.26. The van der Waals surface area contributed by atoms with Crippen molar-refractivity contribution in [2.75, 3.05) is 34.5 Å². The maximum atomic E-state index is 12.7. The first kappa shape index (κ1) is 22.8. The lowest BCUT2D eigenvalue weighted by Crippen LogP contribution is -2.27. The van der Waals surface area contributed by atoms with Crippen LogP contribution in [0.15, 0.2) is 29.6 Å². The number of thiazole rings is 1. The van der Waals surface area contributed by atoms with Crippen LogP contribution in [0.3, 0.4) is 0 Å². The summed E-state index contributed by atoms with van der Waals surface area (Å²) in [6.07, 6.45) is 0.775. The maximum absolute atomic E-state index is 12.7. The van der Waals surface area contributed by atoms with Crippen LogP contribution in [0, 0.1) is 13.8 Å². The molecule has 0 saturated carbocycles. The Bertz CT molecular complexity index is 1040. The average Bonchev–Trinajstić information content (AvgIpc) is 3.35. The molecule has 31 heavy (non-hydrogen) atoms. The monoisotopic (exact) mass is 443 g/mol. The molecule has 3 aromatic rings. The van der Waals surface area contributed by atoms with Gasteiger partial charge in [0, 0.05) is 31.3 Å². The van der Waals surface area contributed by atoms with Crippen LogP contribution in [0.5, 0.6) is 11.5 Å². The van der Waals surface area contributed by atoms with E-state index in [0.29, 0.717) is 36.8 Å². The van der Waals surface area contributed by atoms with Gasteiger partial charge in [0.2, 0.25) is 0 Å². The van der Waals surface area contributed by atoms with Gasteiger partial charge in [0.05, 0.1) is 42.8 Å². The lowest BCUT2D eigenvalue weighted by atomic mass is 10.1. The summed E-state index contributed by atoms with van der Waals surface area (Å²) in [5, 5.41) is 5.94. The van der Waals surface area contributed by atoms with E-state index in [-0.39, 0.29) is 5.91 Å². The summed E-state index contributed by atoms with van der Waals surface area (Å²) in [5.74, 6) is 1.31. The number of nitrogens with one attached hydrogen (secondary N) is 1. The van der Waals surface area contributed by atoms with Gasteiger partial charge < -0.3 is 24.1 Å². The Labute approximate surface area is 187 Å². The number of nitrogens with zero attached hydrogens (tertiary/aromatic N) is 2. The molecule has 2 heterocycles. The first-order chi connectivity index (χ1) is 15.0. The molecule has 0 atom stereocenters. The smallest absolute Gasteiger partial charge is 0.253 e. The molecule has 0 radical (unpaired) electrons. The summed E-state index contributed by atoms with van der Waals surface area (Å²) >= 11 is 1.60. The standard InChI is InChI=1S/C23H29N3O4S/c1-15-18(23(27)24-9-11-28-3)13-20(19-14-31-16(2)25-19)26(15)10-8-17-6-7-21(29-4)22(12-17)30-5/h6-7,12-14H,8-11H2,1-5H3,(H,24,27). The number of hydrogen-bond donors (Lipinski definition) is 1. The summed E-state index contributed by atoms with van der Waals surface area (Å²) in [6, 6.07) is 7.87. The van der Waals surface area contributed by atoms with Crippen LogP contribution in [-0.2, 0) is 17.7 Å². The van der Waals surface area contributed by atoms with E-state index in [1.807, 2.05) is 43.5 Å². The quantitative estimate of drug-likeness (QED) is 0.482. The van der Waals surface area contributed by atoms with E-state index in [1.165, 1.54) is 0 Å². The Hall–Kier alpha value is -2.84. The minimum atomic E-state index is -0.104. The summed E-state index contributed by atoms with van der Waals surface area (Å²) in [4.78, 5) is 17.4. The van der Waals surface area contributed by atoms with Crippen molar-refractivity contribution in [2.24, 2.45) is 0 Å². The first-order valence-electron chi connectivity index (χ1n) is 10.1. The Kier molecular flexibility index (Phi) is 7.70. The van der Waals surface area contributed by atoms with E-state index in [4.69, 9.17) is 14.2 Å². The van der Waals surface area contributed by atoms with Crippen LogP contribution in [0.25, 0.3) is 11.4 Å². The topological polar surface area (TPSA) is 74.6 Å². The number of aryl methyl sites for hydroxylation is 2. The molecular formula is C23H29N3O4S. The van der Waals surface area contributed by atoms with Crippen LogP contribution in [0.2, 0.25) is 0 Å². The molecule has 0 bridgehead atoms. The highest BCUT2D eigenvalue weighted by Gasteiger charge is 2.20. The number of carbonyl (C=O) groups is 1. The van der Waals surface area contributed by atoms with Crippen LogP contribution in [0.1, 0.15) is 26.6 Å². The van der Waals surface area contributed by atoms with E-state index in [0.717, 1.165) is 34.1 Å². The average molecular weight is 444 g/mol. The number of carbonyl (C=O) groups excluding carboxylic acids is 1. The molecule has 1 amide bonds. The molecule has 0 aliphatic heterocycles.